The molecule has 0 saturated heterocycles. The van der Waals surface area contributed by atoms with Gasteiger partial charge in [-0.2, -0.15) is 0 Å². The van der Waals surface area contributed by atoms with Crippen LogP contribution >= 0.6 is 35.6 Å². The highest BCUT2D eigenvalue weighted by Gasteiger charge is 2.32. The highest BCUT2D eigenvalue weighted by Crippen LogP contribution is 2.37. The smallest absolute Gasteiger partial charge is 0.419 e. The molecule has 3 aromatic heterocycles. The van der Waals surface area contributed by atoms with Gasteiger partial charge in [0.2, 0.25) is 0 Å². The Morgan fingerprint density at radius 2 is 1.16 bits per heavy atom. The number of rotatable bonds is 11. The number of nitrogens with zero attached hydrogens (tertiary/aromatic N) is 6. The highest BCUT2D eigenvalue weighted by molar-refractivity contribution is 6.31. The first-order valence-electron chi connectivity index (χ1n) is 23.1. The van der Waals surface area contributed by atoms with Crippen LogP contribution in [0.25, 0.3) is 0 Å². The topological polar surface area (TPSA) is 199 Å². The number of fused-ring (bicyclic) bond motifs is 2. The predicted molar refractivity (Wildman–Crippen MR) is 283 cm³/mol. The van der Waals surface area contributed by atoms with Gasteiger partial charge < -0.3 is 41.0 Å². The lowest BCUT2D eigenvalue weighted by atomic mass is 10.0. The van der Waals surface area contributed by atoms with Crippen molar-refractivity contribution in [1.82, 2.24) is 24.8 Å². The number of amides is 3. The number of ether oxygens (including phenoxy) is 2. The van der Waals surface area contributed by atoms with Crippen molar-refractivity contribution in [2.24, 2.45) is 5.73 Å². The third-order valence-corrected chi connectivity index (χ3v) is 12.3. The lowest BCUT2D eigenvalue weighted by Crippen LogP contribution is -2.28. The molecule has 398 valence electrons. The Hall–Kier alpha value is -7.78. The van der Waals surface area contributed by atoms with Gasteiger partial charge in [0.15, 0.2) is 0 Å². The molecule has 0 fully saturated rings. The molecule has 5 N–H and O–H groups in total. The normalized spacial score (nSPS) is 13.7. The number of carbonyl (C=O) groups is 4. The highest BCUT2D eigenvalue weighted by atomic mass is 35.5. The maximum absolute atomic E-state index is 14.7. The molecular formula is C53H51Cl3F4N10O6. The second-order valence-electron chi connectivity index (χ2n) is 17.4. The van der Waals surface area contributed by atoms with Gasteiger partial charge in [-0.05, 0) is 122 Å². The van der Waals surface area contributed by atoms with Crippen LogP contribution in [0.15, 0.2) is 116 Å². The first kappa shape index (κ1) is 57.5. The molecule has 0 aliphatic heterocycles. The minimum atomic E-state index is -0.713. The van der Waals surface area contributed by atoms with Crippen LogP contribution in [-0.2, 0) is 35.5 Å². The van der Waals surface area contributed by atoms with Gasteiger partial charge in [-0.25, -0.2) is 46.7 Å². The summed E-state index contributed by atoms with van der Waals surface area (Å²) in [5.74, 6) is -1.40. The molecule has 76 heavy (non-hydrogen) atoms. The average Bonchev–Trinajstić information content (AvgIpc) is 4.18. The van der Waals surface area contributed by atoms with Crippen molar-refractivity contribution in [1.29, 1.82) is 0 Å². The van der Waals surface area contributed by atoms with Gasteiger partial charge in [-0.1, -0.05) is 35.3 Å². The van der Waals surface area contributed by atoms with Crippen LogP contribution in [-0.4, -0.2) is 71.7 Å². The first-order valence-corrected chi connectivity index (χ1v) is 23.9. The number of aromatic nitrogens is 4. The van der Waals surface area contributed by atoms with Crippen LogP contribution in [0.2, 0.25) is 10.0 Å². The zero-order valence-corrected chi connectivity index (χ0v) is 43.6. The predicted octanol–water partition coefficient (Wildman–Crippen LogP) is 11.0. The number of benzene rings is 4. The van der Waals surface area contributed by atoms with Crippen LogP contribution in [0.4, 0.5) is 50.2 Å². The zero-order chi connectivity index (χ0) is 53.9. The Balaban J connectivity index is 0.000000197. The minimum Gasteiger partial charge on any atom is -0.443 e. The molecule has 3 heterocycles. The van der Waals surface area contributed by atoms with Crippen LogP contribution in [0, 0.1) is 23.3 Å². The Bertz CT molecular complexity index is 3230. The number of hydrogen-bond donors (Lipinski definition) is 4. The van der Waals surface area contributed by atoms with E-state index in [-0.39, 0.29) is 58.7 Å². The van der Waals surface area contributed by atoms with Gasteiger partial charge in [0.1, 0.15) is 54.4 Å². The van der Waals surface area contributed by atoms with Gasteiger partial charge in [0, 0.05) is 80.3 Å². The Morgan fingerprint density at radius 1 is 0.671 bits per heavy atom. The lowest BCUT2D eigenvalue weighted by Gasteiger charge is -2.16. The Morgan fingerprint density at radius 3 is 1.66 bits per heavy atom. The fraction of sp³-hybridized carbons (Fsp3) is 0.226. The molecule has 0 spiro atoms. The molecule has 0 saturated carbocycles. The molecule has 3 amide bonds. The van der Waals surface area contributed by atoms with Gasteiger partial charge in [-0.3, -0.25) is 9.59 Å². The lowest BCUT2D eigenvalue weighted by molar-refractivity contribution is 0.101. The van der Waals surface area contributed by atoms with Crippen molar-refractivity contribution in [2.75, 3.05) is 48.6 Å². The van der Waals surface area contributed by atoms with Gasteiger partial charge >= 0.3 is 12.2 Å². The number of pyridine rings is 2. The van der Waals surface area contributed by atoms with Crippen molar-refractivity contribution in [2.45, 2.75) is 51.0 Å². The van der Waals surface area contributed by atoms with Crippen LogP contribution < -0.4 is 31.5 Å². The summed E-state index contributed by atoms with van der Waals surface area (Å²) in [4.78, 5) is 65.4. The van der Waals surface area contributed by atoms with Crippen molar-refractivity contribution in [3.8, 4) is 0 Å². The summed E-state index contributed by atoms with van der Waals surface area (Å²) >= 11 is 11.5. The maximum Gasteiger partial charge on any atom is 0.419 e. The van der Waals surface area contributed by atoms with Gasteiger partial charge in [0.25, 0.3) is 11.8 Å². The fourth-order valence-electron chi connectivity index (χ4n) is 8.07. The third-order valence-electron chi connectivity index (χ3n) is 11.8. The standard InChI is InChI=1S/C25H23ClF2N4O3.C16H13ClF2N2O.C12H14N4O2.ClH/c1-32(2)22-5-3-4-15(29-22)13-35-25(34)31-21-11-8-16-17(7-10-20(28)23(16)21)24(33)30-14-6-9-19(27)18(26)12-14;17-11-7-8(1-4-12(11)18)21-16(22)10-2-5-13(19)15-9(10)3-6-14(15)20;1-15(2)11-5-3-4-10(14-11)8-18-12(17)16-7-6-13-9-16;/h3-7,9-10,12,21H,8,11,13H2,1-2H3,(H,30,33)(H,31,34);1-2,4-5,7,14H,3,6,20H2,(H,21,22);3-7,9H,8H2,1-2H3;1H/t21-;14-;;/m00../s1. The average molecular weight is 1110 g/mol. The van der Waals surface area contributed by atoms with Crippen LogP contribution in [0.1, 0.15) is 79.3 Å². The summed E-state index contributed by atoms with van der Waals surface area (Å²) in [6.45, 7) is 0.0942. The van der Waals surface area contributed by atoms with Crippen LogP contribution in [0.5, 0.6) is 0 Å². The number of nitrogens with two attached hydrogens (primary N) is 1. The molecule has 2 aliphatic carbocycles. The first-order chi connectivity index (χ1) is 35.9. The number of halogens is 7. The van der Waals surface area contributed by atoms with Gasteiger partial charge in [-0.15, -0.1) is 12.4 Å². The maximum atomic E-state index is 14.7. The molecule has 0 bridgehead atoms. The number of hydrogen-bond acceptors (Lipinski definition) is 12. The molecule has 16 nitrogen and oxygen atoms in total. The number of imidazole rings is 1. The minimum absolute atomic E-state index is 0. The van der Waals surface area contributed by atoms with E-state index >= 15 is 0 Å². The monoisotopic (exact) mass is 1100 g/mol. The molecule has 2 atom stereocenters. The van der Waals surface area contributed by atoms with E-state index in [2.05, 4.69) is 30.9 Å². The molecule has 0 unspecified atom stereocenters. The summed E-state index contributed by atoms with van der Waals surface area (Å²) in [5, 5.41) is 7.76. The van der Waals surface area contributed by atoms with E-state index < -0.39 is 47.5 Å². The number of alkyl carbamates (subject to hydrolysis) is 1. The molecular weight excluding hydrogens is 1050 g/mol. The number of anilines is 4. The summed E-state index contributed by atoms with van der Waals surface area (Å²) < 4.78 is 66.8. The van der Waals surface area contributed by atoms with E-state index in [0.717, 1.165) is 17.7 Å². The SMILES string of the molecule is CN(C)c1cccc(COC(=O)N[C@H]2CCc3c(C(=O)Nc4ccc(F)c(Cl)c4)ccc(F)c32)n1.CN(C)c1cccc(COC(=O)n2ccnc2)n1.Cl.N[C@H]1CCc2c(C(=O)Nc3ccc(F)c(Cl)c3)ccc(F)c21. The van der Waals surface area contributed by atoms with E-state index in [4.69, 9.17) is 38.4 Å². The van der Waals surface area contributed by atoms with E-state index in [9.17, 15) is 36.7 Å². The Kier molecular flexibility index (Phi) is 19.8. The van der Waals surface area contributed by atoms with Crippen LogP contribution in [0.3, 0.4) is 0 Å². The molecule has 0 radical (unpaired) electrons. The van der Waals surface area contributed by atoms with E-state index in [1.54, 1.807) is 6.07 Å². The van der Waals surface area contributed by atoms with E-state index in [1.807, 2.05) is 68.3 Å². The Labute approximate surface area is 450 Å². The molecule has 23 heteroatoms. The van der Waals surface area contributed by atoms with Gasteiger partial charge in [0.05, 0.1) is 27.5 Å². The second-order valence-corrected chi connectivity index (χ2v) is 18.2. The number of carbonyl (C=O) groups excluding carboxylic acids is 4. The molecule has 2 aliphatic rings. The van der Waals surface area contributed by atoms with Crippen molar-refractivity contribution in [3.63, 3.8) is 0 Å². The molecule has 9 rings (SSSR count). The van der Waals surface area contributed by atoms with E-state index in [1.165, 1.54) is 77.9 Å². The zero-order valence-electron chi connectivity index (χ0n) is 41.3. The number of nitrogens with one attached hydrogen (secondary N) is 3. The van der Waals surface area contributed by atoms with Crippen molar-refractivity contribution in [3.05, 3.63) is 194 Å². The molecule has 7 aromatic rings. The third kappa shape index (κ3) is 14.5. The van der Waals surface area contributed by atoms with Crippen molar-refractivity contribution < 1.29 is 46.2 Å². The van der Waals surface area contributed by atoms with Crippen molar-refractivity contribution >= 4 is 82.6 Å². The quantitative estimate of drug-likeness (QED) is 0.0895. The summed E-state index contributed by atoms with van der Waals surface area (Å²) in [7, 11) is 7.53. The largest absolute Gasteiger partial charge is 0.443 e. The summed E-state index contributed by atoms with van der Waals surface area (Å²) in [6, 6.07) is 22.9. The summed E-state index contributed by atoms with van der Waals surface area (Å²) in [6.07, 6.45) is 5.23. The fourth-order valence-corrected chi connectivity index (χ4v) is 8.43. The van der Waals surface area contributed by atoms with E-state index in [0.29, 0.717) is 70.7 Å². The second kappa shape index (κ2) is 26.1. The summed E-state index contributed by atoms with van der Waals surface area (Å²) in [5.41, 5.74) is 10.3. The molecule has 4 aromatic carbocycles.